The molecule has 2 saturated carbocycles. The van der Waals surface area contributed by atoms with Crippen LogP contribution < -0.4 is 19.7 Å². The van der Waals surface area contributed by atoms with Crippen molar-refractivity contribution in [1.29, 1.82) is 0 Å². The fraction of sp³-hybridized carbons (Fsp3) is 0.676. The van der Waals surface area contributed by atoms with Crippen LogP contribution in [0.5, 0.6) is 17.2 Å². The molecule has 44 heavy (non-hydrogen) atoms. The van der Waals surface area contributed by atoms with Crippen molar-refractivity contribution in [2.24, 2.45) is 11.3 Å². The molecular weight excluding hydrogens is 561 g/mol. The van der Waals surface area contributed by atoms with Crippen molar-refractivity contribution in [3.63, 3.8) is 0 Å². The van der Waals surface area contributed by atoms with Crippen LogP contribution in [0, 0.1) is 17.2 Å². The van der Waals surface area contributed by atoms with Gasteiger partial charge in [0.15, 0.2) is 23.1 Å². The summed E-state index contributed by atoms with van der Waals surface area (Å²) in [5.74, 6) is 2.60. The lowest BCUT2D eigenvalue weighted by molar-refractivity contribution is 0.0484. The van der Waals surface area contributed by atoms with Crippen molar-refractivity contribution in [1.82, 2.24) is 20.2 Å². The predicted molar refractivity (Wildman–Crippen MR) is 167 cm³/mol. The first-order valence-electron chi connectivity index (χ1n) is 16.5. The summed E-state index contributed by atoms with van der Waals surface area (Å²) in [5, 5.41) is 3.07. The van der Waals surface area contributed by atoms with Crippen molar-refractivity contribution in [3.8, 4) is 17.2 Å². The molecule has 2 aliphatic carbocycles. The van der Waals surface area contributed by atoms with Gasteiger partial charge in [-0.15, -0.1) is 0 Å². The molecule has 2 saturated heterocycles. The first-order chi connectivity index (χ1) is 21.1. The lowest BCUT2D eigenvalue weighted by atomic mass is 9.85. The van der Waals surface area contributed by atoms with Crippen molar-refractivity contribution in [3.05, 3.63) is 36.5 Å². The van der Waals surface area contributed by atoms with Gasteiger partial charge >= 0.3 is 6.09 Å². The molecule has 4 fully saturated rings. The number of alkyl carbamates (subject to hydrolysis) is 1. The van der Waals surface area contributed by atoms with Gasteiger partial charge in [0.2, 0.25) is 0 Å². The Morgan fingerprint density at radius 2 is 1.80 bits per heavy atom. The van der Waals surface area contributed by atoms with Crippen LogP contribution in [0.3, 0.4) is 0 Å². The second-order valence-corrected chi connectivity index (χ2v) is 14.4. The Kier molecular flexibility index (Phi) is 9.17. The summed E-state index contributed by atoms with van der Waals surface area (Å²) < 4.78 is 32.1. The minimum Gasteiger partial charge on any atom is -0.486 e. The highest BCUT2D eigenvalue weighted by atomic mass is 19.1. The summed E-state index contributed by atoms with van der Waals surface area (Å²) in [6, 6.07) is 4.66. The number of anilines is 1. The van der Waals surface area contributed by atoms with Gasteiger partial charge < -0.3 is 29.3 Å². The quantitative estimate of drug-likeness (QED) is 0.353. The van der Waals surface area contributed by atoms with Crippen LogP contribution in [0.2, 0.25) is 0 Å². The maximum absolute atomic E-state index is 14.2. The van der Waals surface area contributed by atoms with Crippen molar-refractivity contribution in [2.75, 3.05) is 37.6 Å². The molecule has 1 aromatic heterocycles. The fourth-order valence-electron chi connectivity index (χ4n) is 7.54. The third-order valence-corrected chi connectivity index (χ3v) is 9.72. The molecule has 0 bridgehead atoms. The lowest BCUT2D eigenvalue weighted by Crippen LogP contribution is -2.42. The topological polar surface area (TPSA) is 89.1 Å². The monoisotopic (exact) mass is 609 g/mol. The number of carbonyl (C=O) groups excluding carboxylic acids is 1. The number of amides is 1. The molecule has 1 aromatic carbocycles. The van der Waals surface area contributed by atoms with E-state index in [1.165, 1.54) is 18.6 Å². The van der Waals surface area contributed by atoms with Crippen LogP contribution in [-0.4, -0.2) is 71.4 Å². The normalized spacial score (nSPS) is 26.3. The van der Waals surface area contributed by atoms with Gasteiger partial charge in [0.1, 0.15) is 17.7 Å². The van der Waals surface area contributed by atoms with Crippen LogP contribution in [0.1, 0.15) is 85.0 Å². The number of rotatable bonds is 8. The van der Waals surface area contributed by atoms with Crippen molar-refractivity contribution >= 4 is 11.9 Å². The Labute approximate surface area is 260 Å². The van der Waals surface area contributed by atoms with E-state index in [2.05, 4.69) is 25.1 Å². The highest BCUT2D eigenvalue weighted by molar-refractivity contribution is 5.68. The number of likely N-dealkylation sites (tertiary alicyclic amines) is 1. The van der Waals surface area contributed by atoms with Gasteiger partial charge in [0.05, 0.1) is 12.3 Å². The average molecular weight is 610 g/mol. The van der Waals surface area contributed by atoms with E-state index in [-0.39, 0.29) is 29.5 Å². The molecule has 0 radical (unpaired) electrons. The predicted octanol–water partition coefficient (Wildman–Crippen LogP) is 6.72. The second-order valence-electron chi connectivity index (χ2n) is 14.4. The third kappa shape index (κ3) is 7.73. The summed E-state index contributed by atoms with van der Waals surface area (Å²) in [5.41, 5.74) is -0.231. The number of ether oxygens (including phenoxy) is 3. The zero-order valence-corrected chi connectivity index (χ0v) is 26.5. The van der Waals surface area contributed by atoms with Gasteiger partial charge in [0.25, 0.3) is 0 Å². The minimum atomic E-state index is -0.472. The standard InChI is InChI=1S/C34H48FN5O4/c1-33(2,3)44-32(41)38-26-11-8-24(9-12-26)20-39-16-14-34(21-39)15-17-40(22-34)31-30(19-36-23-37-31)43-28-13-10-25(35)18-29(28)42-27-6-4-5-7-27/h10,13,18-19,23-24,26-27H,4-9,11-12,14-17,20-22H2,1-3H3,(H,38,41). The molecule has 1 unspecified atom stereocenters. The molecule has 1 atom stereocenters. The van der Waals surface area contributed by atoms with E-state index in [1.54, 1.807) is 18.6 Å². The summed E-state index contributed by atoms with van der Waals surface area (Å²) in [6.07, 6.45) is 13.9. The highest BCUT2D eigenvalue weighted by Gasteiger charge is 2.45. The van der Waals surface area contributed by atoms with E-state index in [4.69, 9.17) is 14.2 Å². The molecule has 1 N–H and O–H groups in total. The van der Waals surface area contributed by atoms with E-state index in [1.807, 2.05) is 20.8 Å². The van der Waals surface area contributed by atoms with Gasteiger partial charge in [0, 0.05) is 43.7 Å². The number of hydrogen-bond donors (Lipinski definition) is 1. The molecule has 6 rings (SSSR count). The van der Waals surface area contributed by atoms with Crippen LogP contribution in [0.25, 0.3) is 0 Å². The number of carbonyl (C=O) groups is 1. The highest BCUT2D eigenvalue weighted by Crippen LogP contribution is 2.44. The first-order valence-corrected chi connectivity index (χ1v) is 16.5. The number of benzene rings is 1. The Bertz CT molecular complexity index is 1290. The van der Waals surface area contributed by atoms with Crippen molar-refractivity contribution < 1.29 is 23.4 Å². The molecule has 10 heteroatoms. The molecule has 9 nitrogen and oxygen atoms in total. The Hall–Kier alpha value is -3.14. The number of halogens is 1. The molecule has 3 heterocycles. The van der Waals surface area contributed by atoms with E-state index in [0.717, 1.165) is 96.3 Å². The summed E-state index contributed by atoms with van der Waals surface area (Å²) >= 11 is 0. The molecule has 1 amide bonds. The van der Waals surface area contributed by atoms with Gasteiger partial charge in [-0.1, -0.05) is 0 Å². The first kappa shape index (κ1) is 30.9. The van der Waals surface area contributed by atoms with Crippen LogP contribution in [0.15, 0.2) is 30.7 Å². The molecular formula is C34H48FN5O4. The second kappa shape index (κ2) is 13.1. The zero-order chi connectivity index (χ0) is 30.7. The van der Waals surface area contributed by atoms with E-state index in [0.29, 0.717) is 23.2 Å². The van der Waals surface area contributed by atoms with E-state index in [9.17, 15) is 9.18 Å². The number of aromatic nitrogens is 2. The van der Waals surface area contributed by atoms with Crippen molar-refractivity contribution in [2.45, 2.75) is 103 Å². The van der Waals surface area contributed by atoms with E-state index < -0.39 is 5.60 Å². The Morgan fingerprint density at radius 1 is 1.02 bits per heavy atom. The zero-order valence-electron chi connectivity index (χ0n) is 26.5. The SMILES string of the molecule is CC(C)(C)OC(=O)NC1CCC(CN2CCC3(CCN(c4ncncc4Oc4ccc(F)cc4OC4CCCC4)C3)C2)CC1. The Balaban J connectivity index is 1.02. The maximum Gasteiger partial charge on any atom is 0.407 e. The third-order valence-electron chi connectivity index (χ3n) is 9.72. The number of nitrogens with zero attached hydrogens (tertiary/aromatic N) is 4. The van der Waals surface area contributed by atoms with Gasteiger partial charge in [-0.25, -0.2) is 19.2 Å². The lowest BCUT2D eigenvalue weighted by Gasteiger charge is -2.32. The Morgan fingerprint density at radius 3 is 2.57 bits per heavy atom. The maximum atomic E-state index is 14.2. The largest absolute Gasteiger partial charge is 0.486 e. The summed E-state index contributed by atoms with van der Waals surface area (Å²) in [7, 11) is 0. The van der Waals surface area contributed by atoms with Gasteiger partial charge in [-0.05, 0) is 110 Å². The minimum absolute atomic E-state index is 0.0957. The smallest absolute Gasteiger partial charge is 0.407 e. The van der Waals surface area contributed by atoms with E-state index >= 15 is 0 Å². The molecule has 1 spiro atoms. The molecule has 2 aromatic rings. The number of hydrogen-bond acceptors (Lipinski definition) is 8. The summed E-state index contributed by atoms with van der Waals surface area (Å²) in [6.45, 7) is 10.9. The van der Waals surface area contributed by atoms with Crippen LogP contribution >= 0.6 is 0 Å². The number of nitrogens with one attached hydrogen (secondary N) is 1. The van der Waals surface area contributed by atoms with Gasteiger partial charge in [-0.2, -0.15) is 0 Å². The summed E-state index contributed by atoms with van der Waals surface area (Å²) in [4.78, 5) is 26.1. The molecule has 4 aliphatic rings. The van der Waals surface area contributed by atoms with Crippen LogP contribution in [0.4, 0.5) is 15.0 Å². The van der Waals surface area contributed by atoms with Gasteiger partial charge in [-0.3, -0.25) is 0 Å². The molecule has 240 valence electrons. The average Bonchev–Trinajstić information content (AvgIpc) is 3.73. The van der Waals surface area contributed by atoms with Crippen LogP contribution in [-0.2, 0) is 4.74 Å². The molecule has 2 aliphatic heterocycles. The fourth-order valence-corrected chi connectivity index (χ4v) is 7.54.